The largest absolute Gasteiger partial charge is 0.392 e. The third-order valence-electron chi connectivity index (χ3n) is 1.02. The van der Waals surface area contributed by atoms with Crippen molar-refractivity contribution in [3.05, 3.63) is 12.2 Å². The number of ketones is 1. The van der Waals surface area contributed by atoms with Crippen molar-refractivity contribution < 1.29 is 9.90 Å². The van der Waals surface area contributed by atoms with Gasteiger partial charge in [-0.2, -0.15) is 0 Å². The highest BCUT2D eigenvalue weighted by molar-refractivity contribution is 5.89. The summed E-state index contributed by atoms with van der Waals surface area (Å²) in [7, 11) is 0. The molecule has 0 aromatic rings. The van der Waals surface area contributed by atoms with E-state index in [1.165, 1.54) is 12.2 Å². The summed E-state index contributed by atoms with van der Waals surface area (Å²) in [4.78, 5) is 10.8. The normalized spacial score (nSPS) is 11.2. The minimum atomic E-state index is -0.0518. The fraction of sp³-hybridized carbons (Fsp3) is 0.625. The third kappa shape index (κ3) is 5.51. The highest BCUT2D eigenvalue weighted by Gasteiger charge is 1.98. The predicted octanol–water partition coefficient (Wildman–Crippen LogP) is 1.15. The lowest BCUT2D eigenvalue weighted by Gasteiger charge is -1.97. The van der Waals surface area contributed by atoms with Crippen molar-refractivity contribution in [3.8, 4) is 0 Å². The Morgan fingerprint density at radius 3 is 2.60 bits per heavy atom. The first-order chi connectivity index (χ1) is 4.66. The Bertz CT molecular complexity index is 125. The minimum absolute atomic E-state index is 0.0518. The van der Waals surface area contributed by atoms with Gasteiger partial charge < -0.3 is 5.11 Å². The zero-order valence-corrected chi connectivity index (χ0v) is 6.50. The third-order valence-corrected chi connectivity index (χ3v) is 1.02. The molecule has 0 aromatic carbocycles. The Labute approximate surface area is 61.6 Å². The monoisotopic (exact) mass is 142 g/mol. The molecule has 0 bridgehead atoms. The molecule has 0 atom stereocenters. The molecular weight excluding hydrogens is 128 g/mol. The molecule has 1 N–H and O–H groups in total. The number of aliphatic hydroxyl groups excluding tert-OH is 1. The number of rotatable bonds is 4. The van der Waals surface area contributed by atoms with Gasteiger partial charge in [-0.3, -0.25) is 4.79 Å². The van der Waals surface area contributed by atoms with Crippen LogP contribution in [-0.2, 0) is 4.79 Å². The van der Waals surface area contributed by atoms with Crippen molar-refractivity contribution in [1.82, 2.24) is 0 Å². The van der Waals surface area contributed by atoms with Crippen LogP contribution in [0, 0.1) is 5.92 Å². The molecule has 0 radical (unpaired) electrons. The van der Waals surface area contributed by atoms with Crippen LogP contribution in [0.2, 0.25) is 0 Å². The molecular formula is C8H14O2. The van der Waals surface area contributed by atoms with E-state index in [2.05, 4.69) is 0 Å². The van der Waals surface area contributed by atoms with E-state index >= 15 is 0 Å². The SMILES string of the molecule is CC(C)CC(=O)/C=C/CO. The predicted molar refractivity (Wildman–Crippen MR) is 40.7 cm³/mol. The van der Waals surface area contributed by atoms with Gasteiger partial charge in [0.1, 0.15) is 0 Å². The maximum Gasteiger partial charge on any atom is 0.155 e. The van der Waals surface area contributed by atoms with Crippen LogP contribution >= 0.6 is 0 Å². The summed E-state index contributed by atoms with van der Waals surface area (Å²) in [5.41, 5.74) is 0. The lowest BCUT2D eigenvalue weighted by atomic mass is 10.1. The average molecular weight is 142 g/mol. The first-order valence-electron chi connectivity index (χ1n) is 3.47. The lowest BCUT2D eigenvalue weighted by molar-refractivity contribution is -0.115. The van der Waals surface area contributed by atoms with Crippen LogP contribution < -0.4 is 0 Å². The van der Waals surface area contributed by atoms with Crippen LogP contribution in [0.25, 0.3) is 0 Å². The first kappa shape index (κ1) is 9.37. The van der Waals surface area contributed by atoms with E-state index < -0.39 is 0 Å². The van der Waals surface area contributed by atoms with Crippen LogP contribution in [-0.4, -0.2) is 17.5 Å². The van der Waals surface area contributed by atoms with Crippen LogP contribution in [0.15, 0.2) is 12.2 Å². The van der Waals surface area contributed by atoms with Crippen molar-refractivity contribution in [2.45, 2.75) is 20.3 Å². The second-order valence-electron chi connectivity index (χ2n) is 2.65. The highest BCUT2D eigenvalue weighted by Crippen LogP contribution is 2.00. The van der Waals surface area contributed by atoms with Crippen LogP contribution in [0.4, 0.5) is 0 Å². The molecule has 0 rings (SSSR count). The van der Waals surface area contributed by atoms with E-state index in [0.29, 0.717) is 12.3 Å². The van der Waals surface area contributed by atoms with Crippen LogP contribution in [0.3, 0.4) is 0 Å². The number of carbonyl (C=O) groups is 1. The molecule has 0 aliphatic heterocycles. The van der Waals surface area contributed by atoms with E-state index in [-0.39, 0.29) is 12.4 Å². The number of hydrogen-bond donors (Lipinski definition) is 1. The molecule has 58 valence electrons. The second-order valence-corrected chi connectivity index (χ2v) is 2.65. The van der Waals surface area contributed by atoms with Gasteiger partial charge in [-0.05, 0) is 12.0 Å². The summed E-state index contributed by atoms with van der Waals surface area (Å²) in [6, 6.07) is 0. The summed E-state index contributed by atoms with van der Waals surface area (Å²) < 4.78 is 0. The van der Waals surface area contributed by atoms with Gasteiger partial charge in [-0.25, -0.2) is 0 Å². The fourth-order valence-corrected chi connectivity index (χ4v) is 0.655. The molecule has 2 nitrogen and oxygen atoms in total. The Morgan fingerprint density at radius 2 is 2.20 bits per heavy atom. The van der Waals surface area contributed by atoms with E-state index in [1.807, 2.05) is 13.8 Å². The Kier molecular flexibility index (Phi) is 4.85. The van der Waals surface area contributed by atoms with Crippen LogP contribution in [0.1, 0.15) is 20.3 Å². The Balaban J connectivity index is 3.54. The van der Waals surface area contributed by atoms with Gasteiger partial charge in [-0.1, -0.05) is 19.9 Å². The summed E-state index contributed by atoms with van der Waals surface area (Å²) >= 11 is 0. The van der Waals surface area contributed by atoms with E-state index in [0.717, 1.165) is 0 Å². The summed E-state index contributed by atoms with van der Waals surface area (Å²) in [6.07, 6.45) is 3.46. The fourth-order valence-electron chi connectivity index (χ4n) is 0.655. The van der Waals surface area contributed by atoms with Gasteiger partial charge >= 0.3 is 0 Å². The zero-order valence-electron chi connectivity index (χ0n) is 6.50. The smallest absolute Gasteiger partial charge is 0.155 e. The van der Waals surface area contributed by atoms with Gasteiger partial charge in [0.15, 0.2) is 5.78 Å². The molecule has 0 saturated carbocycles. The topological polar surface area (TPSA) is 37.3 Å². The molecule has 0 spiro atoms. The number of hydrogen-bond acceptors (Lipinski definition) is 2. The van der Waals surface area contributed by atoms with Gasteiger partial charge in [0.25, 0.3) is 0 Å². The van der Waals surface area contributed by atoms with Gasteiger partial charge in [0.2, 0.25) is 0 Å². The Morgan fingerprint density at radius 1 is 1.60 bits per heavy atom. The molecule has 0 aliphatic rings. The van der Waals surface area contributed by atoms with E-state index in [9.17, 15) is 4.79 Å². The molecule has 10 heavy (non-hydrogen) atoms. The molecule has 0 fully saturated rings. The second kappa shape index (κ2) is 5.18. The lowest BCUT2D eigenvalue weighted by Crippen LogP contribution is -1.98. The van der Waals surface area contributed by atoms with Crippen molar-refractivity contribution in [3.63, 3.8) is 0 Å². The van der Waals surface area contributed by atoms with E-state index in [1.54, 1.807) is 0 Å². The van der Waals surface area contributed by atoms with Gasteiger partial charge in [0.05, 0.1) is 6.61 Å². The van der Waals surface area contributed by atoms with Gasteiger partial charge in [-0.15, -0.1) is 0 Å². The maximum absolute atomic E-state index is 10.8. The standard InChI is InChI=1S/C8H14O2/c1-7(2)6-8(10)4-3-5-9/h3-4,7,9H,5-6H2,1-2H3/b4-3+. The maximum atomic E-state index is 10.8. The molecule has 0 saturated heterocycles. The highest BCUT2D eigenvalue weighted by atomic mass is 16.2. The average Bonchev–Trinajstić information content (AvgIpc) is 1.82. The van der Waals surface area contributed by atoms with Crippen molar-refractivity contribution in [2.75, 3.05) is 6.61 Å². The molecule has 0 aliphatic carbocycles. The quantitative estimate of drug-likeness (QED) is 0.598. The molecule has 0 unspecified atom stereocenters. The van der Waals surface area contributed by atoms with Crippen molar-refractivity contribution in [2.24, 2.45) is 5.92 Å². The van der Waals surface area contributed by atoms with E-state index in [4.69, 9.17) is 5.11 Å². The number of allylic oxidation sites excluding steroid dienone is 1. The van der Waals surface area contributed by atoms with Crippen molar-refractivity contribution in [1.29, 1.82) is 0 Å². The first-order valence-corrected chi connectivity index (χ1v) is 3.47. The zero-order chi connectivity index (χ0) is 7.98. The molecule has 2 heteroatoms. The minimum Gasteiger partial charge on any atom is -0.392 e. The molecule has 0 aromatic heterocycles. The summed E-state index contributed by atoms with van der Waals surface area (Å²) in [5.74, 6) is 0.486. The molecule has 0 heterocycles. The summed E-state index contributed by atoms with van der Waals surface area (Å²) in [5, 5.41) is 8.31. The number of aliphatic hydroxyl groups is 1. The number of carbonyl (C=O) groups excluding carboxylic acids is 1. The van der Waals surface area contributed by atoms with Gasteiger partial charge in [0, 0.05) is 6.42 Å². The van der Waals surface area contributed by atoms with Crippen LogP contribution in [0.5, 0.6) is 0 Å². The summed E-state index contributed by atoms with van der Waals surface area (Å²) in [6.45, 7) is 3.93. The van der Waals surface area contributed by atoms with Crippen molar-refractivity contribution >= 4 is 5.78 Å². The molecule has 0 amide bonds. The Hall–Kier alpha value is -0.630.